The van der Waals surface area contributed by atoms with Crippen molar-refractivity contribution in [2.24, 2.45) is 0 Å². The second-order valence-corrected chi connectivity index (χ2v) is 11.0. The number of aromatic nitrogens is 1. The lowest BCUT2D eigenvalue weighted by Crippen LogP contribution is -2.38. The van der Waals surface area contributed by atoms with Gasteiger partial charge in [0, 0.05) is 36.8 Å². The van der Waals surface area contributed by atoms with Crippen LogP contribution in [0.4, 0.5) is 10.1 Å². The molecule has 1 fully saturated rings. The van der Waals surface area contributed by atoms with Gasteiger partial charge in [-0.25, -0.2) is 17.8 Å². The molecule has 10 heteroatoms. The normalized spacial score (nSPS) is 17.9. The highest BCUT2D eigenvalue weighted by atomic mass is 35.5. The van der Waals surface area contributed by atoms with Gasteiger partial charge >= 0.3 is 0 Å². The zero-order valence-electron chi connectivity index (χ0n) is 17.0. The summed E-state index contributed by atoms with van der Waals surface area (Å²) in [5, 5.41) is 12.4. The smallest absolute Gasteiger partial charge is 0.187 e. The maximum absolute atomic E-state index is 14.5. The molecule has 166 valence electrons. The SMILES string of the molecule is CC(CCCNc1cc(F)c(S(=O)(=O)Cc2nccs2)cc1Cl)NCC1CCCN1. The molecule has 6 nitrogen and oxygen atoms in total. The lowest BCUT2D eigenvalue weighted by atomic mass is 10.1. The summed E-state index contributed by atoms with van der Waals surface area (Å²) in [5.41, 5.74) is 0.401. The minimum absolute atomic E-state index is 0.188. The van der Waals surface area contributed by atoms with E-state index in [1.54, 1.807) is 5.38 Å². The summed E-state index contributed by atoms with van der Waals surface area (Å²) in [6.45, 7) is 4.86. The van der Waals surface area contributed by atoms with Gasteiger partial charge in [-0.3, -0.25) is 0 Å². The maximum Gasteiger partial charge on any atom is 0.187 e. The molecular formula is C20H28ClFN4O2S2. The van der Waals surface area contributed by atoms with Gasteiger partial charge in [0.2, 0.25) is 0 Å². The van der Waals surface area contributed by atoms with E-state index < -0.39 is 20.5 Å². The van der Waals surface area contributed by atoms with Gasteiger partial charge < -0.3 is 16.0 Å². The predicted octanol–water partition coefficient (Wildman–Crippen LogP) is 3.83. The van der Waals surface area contributed by atoms with E-state index in [1.807, 2.05) is 0 Å². The van der Waals surface area contributed by atoms with Crippen molar-refractivity contribution in [3.05, 3.63) is 39.6 Å². The molecule has 0 aliphatic carbocycles. The Morgan fingerprint density at radius 3 is 2.97 bits per heavy atom. The van der Waals surface area contributed by atoms with Crippen LogP contribution in [0.5, 0.6) is 0 Å². The van der Waals surface area contributed by atoms with E-state index in [0.717, 1.165) is 32.0 Å². The van der Waals surface area contributed by atoms with Gasteiger partial charge in [-0.1, -0.05) is 11.6 Å². The highest BCUT2D eigenvalue weighted by Gasteiger charge is 2.23. The number of hydrogen-bond acceptors (Lipinski definition) is 7. The Balaban J connectivity index is 1.49. The molecule has 0 saturated carbocycles. The third-order valence-electron chi connectivity index (χ3n) is 5.16. The molecule has 2 heterocycles. The summed E-state index contributed by atoms with van der Waals surface area (Å²) < 4.78 is 39.6. The van der Waals surface area contributed by atoms with Gasteiger partial charge in [-0.05, 0) is 51.3 Å². The summed E-state index contributed by atoms with van der Waals surface area (Å²) in [6.07, 6.45) is 5.84. The van der Waals surface area contributed by atoms with E-state index in [-0.39, 0.29) is 10.8 Å². The monoisotopic (exact) mass is 474 g/mol. The number of anilines is 1. The van der Waals surface area contributed by atoms with Gasteiger partial charge in [-0.2, -0.15) is 0 Å². The van der Waals surface area contributed by atoms with Crippen LogP contribution < -0.4 is 16.0 Å². The molecule has 3 rings (SSSR count). The van der Waals surface area contributed by atoms with E-state index in [9.17, 15) is 12.8 Å². The number of halogens is 2. The van der Waals surface area contributed by atoms with E-state index in [0.29, 0.717) is 29.3 Å². The lowest BCUT2D eigenvalue weighted by molar-refractivity contribution is 0.456. The number of nitrogens with one attached hydrogen (secondary N) is 3. The zero-order valence-corrected chi connectivity index (χ0v) is 19.3. The summed E-state index contributed by atoms with van der Waals surface area (Å²) >= 11 is 7.44. The van der Waals surface area contributed by atoms with Crippen molar-refractivity contribution in [3.63, 3.8) is 0 Å². The summed E-state index contributed by atoms with van der Waals surface area (Å²) in [6, 6.07) is 3.29. The molecule has 2 aromatic rings. The van der Waals surface area contributed by atoms with Crippen LogP contribution in [-0.2, 0) is 15.6 Å². The molecule has 1 saturated heterocycles. The first kappa shape index (κ1) is 23.4. The molecule has 2 unspecified atom stereocenters. The number of nitrogens with zero attached hydrogens (tertiary/aromatic N) is 1. The van der Waals surface area contributed by atoms with Crippen LogP contribution in [0.25, 0.3) is 0 Å². The van der Waals surface area contributed by atoms with Crippen molar-refractivity contribution in [2.45, 2.75) is 55.3 Å². The van der Waals surface area contributed by atoms with Gasteiger partial charge in [0.05, 0.1) is 10.7 Å². The zero-order chi connectivity index (χ0) is 21.6. The van der Waals surface area contributed by atoms with Gasteiger partial charge in [0.1, 0.15) is 21.5 Å². The first-order chi connectivity index (χ1) is 14.3. The average Bonchev–Trinajstić information content (AvgIpc) is 3.39. The Morgan fingerprint density at radius 2 is 2.27 bits per heavy atom. The van der Waals surface area contributed by atoms with E-state index in [2.05, 4.69) is 27.9 Å². The lowest BCUT2D eigenvalue weighted by Gasteiger charge is -2.18. The second-order valence-electron chi connectivity index (χ2n) is 7.62. The molecule has 0 radical (unpaired) electrons. The molecule has 1 aliphatic rings. The fourth-order valence-corrected chi connectivity index (χ4v) is 6.12. The summed E-state index contributed by atoms with van der Waals surface area (Å²) in [5.74, 6) is -1.15. The third kappa shape index (κ3) is 6.62. The molecule has 30 heavy (non-hydrogen) atoms. The quantitative estimate of drug-likeness (QED) is 0.429. The summed E-state index contributed by atoms with van der Waals surface area (Å²) in [7, 11) is -3.86. The topological polar surface area (TPSA) is 83.1 Å². The Hall–Kier alpha value is -1.26. The van der Waals surface area contributed by atoms with Crippen molar-refractivity contribution < 1.29 is 12.8 Å². The van der Waals surface area contributed by atoms with Gasteiger partial charge in [-0.15, -0.1) is 11.3 Å². The molecule has 0 spiro atoms. The Labute approximate surface area is 186 Å². The summed E-state index contributed by atoms with van der Waals surface area (Å²) in [4.78, 5) is 3.56. The van der Waals surface area contributed by atoms with Crippen LogP contribution in [0.2, 0.25) is 5.02 Å². The van der Waals surface area contributed by atoms with Crippen molar-refractivity contribution in [1.29, 1.82) is 0 Å². The first-order valence-electron chi connectivity index (χ1n) is 10.2. The van der Waals surface area contributed by atoms with Crippen molar-refractivity contribution in [3.8, 4) is 0 Å². The van der Waals surface area contributed by atoms with Crippen LogP contribution >= 0.6 is 22.9 Å². The number of thiazole rings is 1. The molecule has 2 atom stereocenters. The molecule has 0 amide bonds. The molecular weight excluding hydrogens is 447 g/mol. The number of benzene rings is 1. The van der Waals surface area contributed by atoms with E-state index in [4.69, 9.17) is 11.6 Å². The number of sulfone groups is 1. The fourth-order valence-electron chi connectivity index (χ4n) is 3.47. The maximum atomic E-state index is 14.5. The minimum Gasteiger partial charge on any atom is -0.384 e. The third-order valence-corrected chi connectivity index (χ3v) is 8.07. The largest absolute Gasteiger partial charge is 0.384 e. The predicted molar refractivity (Wildman–Crippen MR) is 121 cm³/mol. The first-order valence-corrected chi connectivity index (χ1v) is 13.1. The fraction of sp³-hybridized carbons (Fsp3) is 0.550. The molecule has 3 N–H and O–H groups in total. The Kier molecular flexibility index (Phi) is 8.47. The Bertz CT molecular complexity index is 919. The van der Waals surface area contributed by atoms with Crippen LogP contribution in [-0.4, -0.2) is 45.1 Å². The molecule has 1 aliphatic heterocycles. The van der Waals surface area contributed by atoms with Crippen molar-refractivity contribution in [1.82, 2.24) is 15.6 Å². The van der Waals surface area contributed by atoms with Crippen LogP contribution in [0.15, 0.2) is 28.6 Å². The highest BCUT2D eigenvalue weighted by Crippen LogP contribution is 2.30. The number of hydrogen-bond donors (Lipinski definition) is 3. The van der Waals surface area contributed by atoms with Crippen molar-refractivity contribution in [2.75, 3.05) is 25.0 Å². The van der Waals surface area contributed by atoms with Gasteiger partial charge in [0.25, 0.3) is 0 Å². The Morgan fingerprint density at radius 1 is 1.43 bits per heavy atom. The highest BCUT2D eigenvalue weighted by molar-refractivity contribution is 7.90. The second kappa shape index (κ2) is 10.9. The number of rotatable bonds is 11. The van der Waals surface area contributed by atoms with Crippen LogP contribution in [0.1, 0.15) is 37.6 Å². The standard InChI is InChI=1S/C20H28ClFN4O2S2/c1-14(26-12-15-5-3-6-23-15)4-2-7-24-18-11-17(22)19(10-16(18)21)30(27,28)13-20-25-8-9-29-20/h8-11,14-15,23-24,26H,2-7,12-13H2,1H3. The average molecular weight is 475 g/mol. The molecule has 0 bridgehead atoms. The van der Waals surface area contributed by atoms with Crippen molar-refractivity contribution >= 4 is 38.5 Å². The van der Waals surface area contributed by atoms with Gasteiger partial charge in [0.15, 0.2) is 9.84 Å². The van der Waals surface area contributed by atoms with E-state index >= 15 is 0 Å². The van der Waals surface area contributed by atoms with Crippen LogP contribution in [0, 0.1) is 5.82 Å². The van der Waals surface area contributed by atoms with E-state index in [1.165, 1.54) is 36.4 Å². The van der Waals surface area contributed by atoms with Crippen LogP contribution in [0.3, 0.4) is 0 Å². The molecule has 1 aromatic carbocycles. The molecule has 1 aromatic heterocycles. The minimum atomic E-state index is -3.86.